The average Bonchev–Trinajstić information content (AvgIpc) is 3.25. The number of benzene rings is 1. The molecule has 3 atom stereocenters. The van der Waals surface area contributed by atoms with Gasteiger partial charge in [0.2, 0.25) is 5.95 Å². The molecule has 33 heavy (non-hydrogen) atoms. The molecule has 174 valence electrons. The first-order valence-electron chi connectivity index (χ1n) is 10.8. The van der Waals surface area contributed by atoms with Crippen LogP contribution >= 0.6 is 22.9 Å². The fourth-order valence-corrected chi connectivity index (χ4v) is 7.59. The quantitative estimate of drug-likeness (QED) is 0.438. The summed E-state index contributed by atoms with van der Waals surface area (Å²) in [5.41, 5.74) is 1.95. The van der Waals surface area contributed by atoms with E-state index in [0.717, 1.165) is 49.9 Å². The highest BCUT2D eigenvalue weighted by Gasteiger charge is 2.42. The van der Waals surface area contributed by atoms with Gasteiger partial charge < -0.3 is 5.32 Å². The normalized spacial score (nSPS) is 22.9. The lowest BCUT2D eigenvalue weighted by atomic mass is 9.91. The lowest BCUT2D eigenvalue weighted by Crippen LogP contribution is -2.47. The third kappa shape index (κ3) is 5.01. The number of aromatic nitrogens is 1. The molecule has 2 N–H and O–H groups in total. The second-order valence-electron chi connectivity index (χ2n) is 8.65. The highest BCUT2D eigenvalue weighted by atomic mass is 35.5. The Morgan fingerprint density at radius 2 is 1.82 bits per heavy atom. The number of anilines is 2. The van der Waals surface area contributed by atoms with E-state index in [0.29, 0.717) is 21.9 Å². The van der Waals surface area contributed by atoms with Crippen LogP contribution in [0.15, 0.2) is 58.8 Å². The summed E-state index contributed by atoms with van der Waals surface area (Å²) in [6, 6.07) is 16.3. The standard InChI is InChI=1S/C23H24ClFN4O2S2/c24-23-18(11-21(32-23)33(30,31)28-20-8-4-7-19(25)27-20)26-22-16-9-10-17(22)14-29(13-16)12-15-5-2-1-3-6-15/h1-8,11,16-17,22,26H,9-10,12-14H2,(H,27,28)/t16-,17+,22?. The van der Waals surface area contributed by atoms with Gasteiger partial charge in [0.25, 0.3) is 10.0 Å². The van der Waals surface area contributed by atoms with Gasteiger partial charge in [-0.25, -0.2) is 13.4 Å². The first-order valence-corrected chi connectivity index (χ1v) is 13.5. The molecule has 1 aliphatic carbocycles. The second kappa shape index (κ2) is 9.21. The van der Waals surface area contributed by atoms with E-state index in [4.69, 9.17) is 11.6 Å². The summed E-state index contributed by atoms with van der Waals surface area (Å²) < 4.78 is 41.6. The van der Waals surface area contributed by atoms with Crippen molar-refractivity contribution in [1.82, 2.24) is 9.88 Å². The fraction of sp³-hybridized carbons (Fsp3) is 0.348. The van der Waals surface area contributed by atoms with Crippen molar-refractivity contribution in [3.05, 3.63) is 70.4 Å². The van der Waals surface area contributed by atoms with Crippen molar-refractivity contribution in [2.75, 3.05) is 23.1 Å². The number of sulfonamides is 1. The maximum atomic E-state index is 13.3. The van der Waals surface area contributed by atoms with Crippen LogP contribution in [-0.4, -0.2) is 37.4 Å². The Morgan fingerprint density at radius 1 is 1.09 bits per heavy atom. The molecule has 5 rings (SSSR count). The fourth-order valence-electron chi connectivity index (χ4n) is 4.94. The number of piperidine rings is 1. The molecule has 1 aromatic carbocycles. The topological polar surface area (TPSA) is 74.3 Å². The van der Waals surface area contributed by atoms with Crippen LogP contribution < -0.4 is 10.0 Å². The third-order valence-electron chi connectivity index (χ3n) is 6.36. The molecule has 3 heterocycles. The van der Waals surface area contributed by atoms with Gasteiger partial charge in [-0.1, -0.05) is 48.0 Å². The average molecular weight is 507 g/mol. The molecule has 10 heteroatoms. The number of thiophene rings is 1. The summed E-state index contributed by atoms with van der Waals surface area (Å²) in [6.45, 7) is 2.95. The molecule has 1 aliphatic heterocycles. The van der Waals surface area contributed by atoms with Crippen molar-refractivity contribution >= 4 is 44.5 Å². The molecule has 1 saturated heterocycles. The number of hydrogen-bond acceptors (Lipinski definition) is 6. The molecule has 0 spiro atoms. The number of halogens is 2. The molecule has 0 amide bonds. The van der Waals surface area contributed by atoms with Gasteiger partial charge in [-0.05, 0) is 48.4 Å². The van der Waals surface area contributed by atoms with E-state index in [1.807, 2.05) is 6.07 Å². The third-order valence-corrected chi connectivity index (χ3v) is 9.55. The Labute approximate surface area is 201 Å². The minimum atomic E-state index is -3.92. The SMILES string of the molecule is O=S(=O)(Nc1cccc(F)n1)c1cc(NC2[C@@H]3CC[C@H]2CN(Cc2ccccc2)C3)c(Cl)s1. The van der Waals surface area contributed by atoms with Crippen LogP contribution in [0.4, 0.5) is 15.9 Å². The van der Waals surface area contributed by atoms with Crippen molar-refractivity contribution in [3.8, 4) is 0 Å². The van der Waals surface area contributed by atoms with Crippen molar-refractivity contribution < 1.29 is 12.8 Å². The Balaban J connectivity index is 1.27. The van der Waals surface area contributed by atoms with Crippen LogP contribution in [0, 0.1) is 17.8 Å². The van der Waals surface area contributed by atoms with Crippen molar-refractivity contribution in [3.63, 3.8) is 0 Å². The molecule has 6 nitrogen and oxygen atoms in total. The van der Waals surface area contributed by atoms with Gasteiger partial charge in [0.05, 0.1) is 5.69 Å². The summed E-state index contributed by atoms with van der Waals surface area (Å²) in [4.78, 5) is 6.08. The highest BCUT2D eigenvalue weighted by Crippen LogP contribution is 2.42. The van der Waals surface area contributed by atoms with E-state index in [1.165, 1.54) is 17.7 Å². The monoisotopic (exact) mass is 506 g/mol. The van der Waals surface area contributed by atoms with Crippen LogP contribution in [-0.2, 0) is 16.6 Å². The molecule has 1 saturated carbocycles. The zero-order valence-corrected chi connectivity index (χ0v) is 20.1. The van der Waals surface area contributed by atoms with E-state index in [2.05, 4.69) is 44.2 Å². The Bertz CT molecular complexity index is 1220. The van der Waals surface area contributed by atoms with Gasteiger partial charge in [-0.15, -0.1) is 11.3 Å². The molecule has 2 bridgehead atoms. The van der Waals surface area contributed by atoms with Gasteiger partial charge in [0.1, 0.15) is 14.4 Å². The van der Waals surface area contributed by atoms with E-state index in [1.54, 1.807) is 6.07 Å². The van der Waals surface area contributed by atoms with Crippen molar-refractivity contribution in [2.24, 2.45) is 11.8 Å². The van der Waals surface area contributed by atoms with E-state index in [9.17, 15) is 12.8 Å². The van der Waals surface area contributed by atoms with Gasteiger partial charge >= 0.3 is 0 Å². The molecule has 2 fully saturated rings. The van der Waals surface area contributed by atoms with Crippen molar-refractivity contribution in [2.45, 2.75) is 29.6 Å². The number of nitrogens with one attached hydrogen (secondary N) is 2. The van der Waals surface area contributed by atoms with Gasteiger partial charge in [-0.3, -0.25) is 9.62 Å². The Hall–Kier alpha value is -2.20. The summed E-state index contributed by atoms with van der Waals surface area (Å²) in [7, 11) is -3.92. The minimum Gasteiger partial charge on any atom is -0.380 e. The molecular formula is C23H24ClFN4O2S2. The Kier molecular flexibility index (Phi) is 6.30. The second-order valence-corrected chi connectivity index (χ2v) is 12.2. The molecule has 1 unspecified atom stereocenters. The molecular weight excluding hydrogens is 483 g/mol. The van der Waals surface area contributed by atoms with Crippen LogP contribution in [0.2, 0.25) is 4.34 Å². The first-order chi connectivity index (χ1) is 15.9. The van der Waals surface area contributed by atoms with Crippen molar-refractivity contribution in [1.29, 1.82) is 0 Å². The van der Waals surface area contributed by atoms with E-state index < -0.39 is 16.0 Å². The number of hydrogen-bond donors (Lipinski definition) is 2. The van der Waals surface area contributed by atoms with Crippen LogP contribution in [0.25, 0.3) is 0 Å². The maximum Gasteiger partial charge on any atom is 0.272 e. The maximum absolute atomic E-state index is 13.3. The summed E-state index contributed by atoms with van der Waals surface area (Å²) in [5, 5.41) is 3.55. The first kappa shape index (κ1) is 22.6. The number of fused-ring (bicyclic) bond motifs is 2. The predicted molar refractivity (Wildman–Crippen MR) is 130 cm³/mol. The van der Waals surface area contributed by atoms with Crippen LogP contribution in [0.1, 0.15) is 18.4 Å². The summed E-state index contributed by atoms with van der Waals surface area (Å²) in [5.74, 6) is 0.143. The van der Waals surface area contributed by atoms with Gasteiger partial charge in [-0.2, -0.15) is 4.39 Å². The van der Waals surface area contributed by atoms with Crippen LogP contribution in [0.5, 0.6) is 0 Å². The minimum absolute atomic E-state index is 0.0647. The zero-order chi connectivity index (χ0) is 23.0. The summed E-state index contributed by atoms with van der Waals surface area (Å²) >= 11 is 7.41. The van der Waals surface area contributed by atoms with Gasteiger partial charge in [0, 0.05) is 25.7 Å². The number of rotatable bonds is 7. The Morgan fingerprint density at radius 3 is 2.52 bits per heavy atom. The number of pyridine rings is 1. The van der Waals surface area contributed by atoms with E-state index >= 15 is 0 Å². The highest BCUT2D eigenvalue weighted by molar-refractivity contribution is 7.94. The lowest BCUT2D eigenvalue weighted by Gasteiger charge is -2.38. The smallest absolute Gasteiger partial charge is 0.272 e. The predicted octanol–water partition coefficient (Wildman–Crippen LogP) is 5.06. The summed E-state index contributed by atoms with van der Waals surface area (Å²) in [6.07, 6.45) is 2.29. The lowest BCUT2D eigenvalue weighted by molar-refractivity contribution is 0.148. The molecule has 0 radical (unpaired) electrons. The molecule has 3 aromatic rings. The van der Waals surface area contributed by atoms with Crippen LogP contribution in [0.3, 0.4) is 0 Å². The number of likely N-dealkylation sites (tertiary alicyclic amines) is 1. The number of nitrogens with zero attached hydrogens (tertiary/aromatic N) is 2. The zero-order valence-electron chi connectivity index (χ0n) is 17.7. The van der Waals surface area contributed by atoms with Gasteiger partial charge in [0.15, 0.2) is 0 Å². The molecule has 2 aromatic heterocycles. The van der Waals surface area contributed by atoms with E-state index in [-0.39, 0.29) is 16.1 Å². The molecule has 2 aliphatic rings. The largest absolute Gasteiger partial charge is 0.380 e.